The van der Waals surface area contributed by atoms with Gasteiger partial charge in [-0.25, -0.2) is 0 Å². The number of hydrogen-bond donors (Lipinski definition) is 1. The number of carbonyl (C=O) groups is 1. The molecule has 0 aliphatic heterocycles. The number of rotatable bonds is 16. The lowest BCUT2D eigenvalue weighted by molar-refractivity contribution is -0.143. The fourth-order valence-corrected chi connectivity index (χ4v) is 2.96. The molecule has 4 heteroatoms. The molecular formula is C25H38O4. The van der Waals surface area contributed by atoms with Gasteiger partial charge in [0.05, 0.1) is 19.3 Å². The summed E-state index contributed by atoms with van der Waals surface area (Å²) in [7, 11) is 0. The van der Waals surface area contributed by atoms with Gasteiger partial charge >= 0.3 is 5.97 Å². The van der Waals surface area contributed by atoms with Gasteiger partial charge in [0.15, 0.2) is 0 Å². The van der Waals surface area contributed by atoms with E-state index in [9.17, 15) is 9.90 Å². The second kappa shape index (κ2) is 16.8. The average molecular weight is 403 g/mol. The SMILES string of the molecule is CCCCCCCCC(O)/C=C/C=C\c1ccccc1OCCCC(=O)OCC. The lowest BCUT2D eigenvalue weighted by Gasteiger charge is -2.09. The van der Waals surface area contributed by atoms with Crippen molar-refractivity contribution in [1.82, 2.24) is 0 Å². The summed E-state index contributed by atoms with van der Waals surface area (Å²) in [5, 5.41) is 10.0. The Morgan fingerprint density at radius 1 is 1.03 bits per heavy atom. The van der Waals surface area contributed by atoms with Crippen LogP contribution in [0.3, 0.4) is 0 Å². The maximum absolute atomic E-state index is 11.4. The second-order valence-electron chi connectivity index (χ2n) is 7.16. The molecule has 0 spiro atoms. The molecule has 0 aromatic heterocycles. The van der Waals surface area contributed by atoms with Gasteiger partial charge in [-0.05, 0) is 25.8 Å². The summed E-state index contributed by atoms with van der Waals surface area (Å²) >= 11 is 0. The van der Waals surface area contributed by atoms with Crippen LogP contribution in [-0.2, 0) is 9.53 Å². The van der Waals surface area contributed by atoms with Crippen LogP contribution in [0.4, 0.5) is 0 Å². The summed E-state index contributed by atoms with van der Waals surface area (Å²) in [4.78, 5) is 11.4. The van der Waals surface area contributed by atoms with Crippen LogP contribution in [0.15, 0.2) is 42.5 Å². The minimum atomic E-state index is -0.389. The van der Waals surface area contributed by atoms with E-state index in [-0.39, 0.29) is 12.1 Å². The van der Waals surface area contributed by atoms with Crippen molar-refractivity contribution in [2.75, 3.05) is 13.2 Å². The van der Waals surface area contributed by atoms with Crippen molar-refractivity contribution in [2.45, 2.75) is 77.7 Å². The van der Waals surface area contributed by atoms with Crippen molar-refractivity contribution >= 4 is 12.0 Å². The molecule has 0 saturated heterocycles. The smallest absolute Gasteiger partial charge is 0.305 e. The van der Waals surface area contributed by atoms with Crippen molar-refractivity contribution in [3.05, 3.63) is 48.1 Å². The second-order valence-corrected chi connectivity index (χ2v) is 7.16. The van der Waals surface area contributed by atoms with Crippen molar-refractivity contribution in [2.24, 2.45) is 0 Å². The third-order valence-electron chi connectivity index (χ3n) is 4.58. The van der Waals surface area contributed by atoms with E-state index < -0.39 is 0 Å². The van der Waals surface area contributed by atoms with Crippen LogP contribution in [0.25, 0.3) is 6.08 Å². The molecule has 1 atom stereocenters. The number of benzene rings is 1. The Bertz CT molecular complexity index is 607. The number of esters is 1. The Balaban J connectivity index is 2.34. The van der Waals surface area contributed by atoms with Crippen molar-refractivity contribution in [3.8, 4) is 5.75 Å². The van der Waals surface area contributed by atoms with Crippen LogP contribution in [0, 0.1) is 0 Å². The number of ether oxygens (including phenoxy) is 2. The molecule has 1 aromatic carbocycles. The Morgan fingerprint density at radius 2 is 1.79 bits per heavy atom. The minimum absolute atomic E-state index is 0.186. The van der Waals surface area contributed by atoms with Gasteiger partial charge in [0, 0.05) is 12.0 Å². The number of hydrogen-bond acceptors (Lipinski definition) is 4. The van der Waals surface area contributed by atoms with E-state index >= 15 is 0 Å². The molecule has 0 saturated carbocycles. The Kier molecular flexibility index (Phi) is 14.5. The van der Waals surface area contributed by atoms with Gasteiger partial charge in [-0.3, -0.25) is 4.79 Å². The summed E-state index contributed by atoms with van der Waals surface area (Å²) in [6.45, 7) is 4.91. The largest absolute Gasteiger partial charge is 0.493 e. The Hall–Kier alpha value is -2.07. The van der Waals surface area contributed by atoms with E-state index in [4.69, 9.17) is 9.47 Å². The number of allylic oxidation sites excluding steroid dienone is 2. The molecule has 0 amide bonds. The summed E-state index contributed by atoms with van der Waals surface area (Å²) in [6.07, 6.45) is 16.4. The minimum Gasteiger partial charge on any atom is -0.493 e. The molecule has 162 valence electrons. The van der Waals surface area contributed by atoms with E-state index in [1.165, 1.54) is 32.1 Å². The summed E-state index contributed by atoms with van der Waals surface area (Å²) in [6, 6.07) is 7.79. The van der Waals surface area contributed by atoms with Crippen LogP contribution in [0.1, 0.15) is 77.2 Å². The summed E-state index contributed by atoms with van der Waals surface area (Å²) < 4.78 is 10.7. The van der Waals surface area contributed by atoms with Crippen LogP contribution in [0.5, 0.6) is 5.75 Å². The third kappa shape index (κ3) is 12.9. The monoisotopic (exact) mass is 402 g/mol. The topological polar surface area (TPSA) is 55.8 Å². The molecule has 0 fully saturated rings. The van der Waals surface area contributed by atoms with Crippen molar-refractivity contribution in [1.29, 1.82) is 0 Å². The number of aliphatic hydroxyl groups is 1. The normalized spacial score (nSPS) is 12.5. The number of aliphatic hydroxyl groups excluding tert-OH is 1. The fourth-order valence-electron chi connectivity index (χ4n) is 2.96. The molecule has 1 rings (SSSR count). The molecule has 1 unspecified atom stereocenters. The molecule has 29 heavy (non-hydrogen) atoms. The van der Waals surface area contributed by atoms with Crippen LogP contribution >= 0.6 is 0 Å². The first-order valence-corrected chi connectivity index (χ1v) is 11.1. The van der Waals surface area contributed by atoms with E-state index in [2.05, 4.69) is 6.92 Å². The molecule has 1 N–H and O–H groups in total. The van der Waals surface area contributed by atoms with Gasteiger partial charge in [0.1, 0.15) is 5.75 Å². The molecule has 0 radical (unpaired) electrons. The Labute approximate surface area is 176 Å². The summed E-state index contributed by atoms with van der Waals surface area (Å²) in [5.74, 6) is 0.600. The molecule has 0 heterocycles. The quantitative estimate of drug-likeness (QED) is 0.206. The zero-order valence-electron chi connectivity index (χ0n) is 18.1. The van der Waals surface area contributed by atoms with Gasteiger partial charge in [-0.2, -0.15) is 0 Å². The predicted octanol–water partition coefficient (Wildman–Crippen LogP) is 6.09. The van der Waals surface area contributed by atoms with E-state index in [1.54, 1.807) is 6.92 Å². The van der Waals surface area contributed by atoms with Crippen LogP contribution in [0.2, 0.25) is 0 Å². The highest BCUT2D eigenvalue weighted by Gasteiger charge is 2.03. The lowest BCUT2D eigenvalue weighted by Crippen LogP contribution is -2.07. The molecular weight excluding hydrogens is 364 g/mol. The predicted molar refractivity (Wildman–Crippen MR) is 120 cm³/mol. The third-order valence-corrected chi connectivity index (χ3v) is 4.58. The molecule has 0 aliphatic rings. The standard InChI is InChI=1S/C25H38O4/c1-3-5-6-7-8-9-17-23(26)18-12-10-15-22-16-11-13-19-24(22)29-21-14-20-25(27)28-4-2/h10-13,15-16,18-19,23,26H,3-9,14,17,20-21H2,1-2H3/b15-10-,18-12+. The maximum Gasteiger partial charge on any atom is 0.305 e. The summed E-state index contributed by atoms with van der Waals surface area (Å²) in [5.41, 5.74) is 0.971. The number of unbranched alkanes of at least 4 members (excludes halogenated alkanes) is 5. The molecule has 0 bridgehead atoms. The first-order chi connectivity index (χ1) is 14.2. The van der Waals surface area contributed by atoms with Crippen molar-refractivity contribution in [3.63, 3.8) is 0 Å². The molecule has 4 nitrogen and oxygen atoms in total. The maximum atomic E-state index is 11.4. The molecule has 0 aliphatic carbocycles. The van der Waals surface area contributed by atoms with Crippen LogP contribution in [-0.4, -0.2) is 30.4 Å². The zero-order chi connectivity index (χ0) is 21.2. The van der Waals surface area contributed by atoms with Gasteiger partial charge < -0.3 is 14.6 Å². The van der Waals surface area contributed by atoms with Gasteiger partial charge in [0.25, 0.3) is 0 Å². The number of para-hydroxylation sites is 1. The highest BCUT2D eigenvalue weighted by atomic mass is 16.5. The highest BCUT2D eigenvalue weighted by Crippen LogP contribution is 2.20. The Morgan fingerprint density at radius 3 is 2.59 bits per heavy atom. The zero-order valence-corrected chi connectivity index (χ0v) is 18.1. The first kappa shape index (κ1) is 25.0. The van der Waals surface area contributed by atoms with Crippen LogP contribution < -0.4 is 4.74 Å². The van der Waals surface area contributed by atoms with Gasteiger partial charge in [0.2, 0.25) is 0 Å². The van der Waals surface area contributed by atoms with Crippen molar-refractivity contribution < 1.29 is 19.4 Å². The van der Waals surface area contributed by atoms with E-state index in [0.717, 1.165) is 24.2 Å². The van der Waals surface area contributed by atoms with Gasteiger partial charge in [-0.1, -0.05) is 88.0 Å². The lowest BCUT2D eigenvalue weighted by atomic mass is 10.1. The van der Waals surface area contributed by atoms with E-state index in [1.807, 2.05) is 48.6 Å². The fraction of sp³-hybridized carbons (Fsp3) is 0.560. The average Bonchev–Trinajstić information content (AvgIpc) is 2.72. The first-order valence-electron chi connectivity index (χ1n) is 11.1. The number of carbonyl (C=O) groups excluding carboxylic acids is 1. The van der Waals surface area contributed by atoms with Gasteiger partial charge in [-0.15, -0.1) is 0 Å². The molecule has 1 aromatic rings. The van der Waals surface area contributed by atoms with E-state index in [0.29, 0.717) is 26.1 Å². The highest BCUT2D eigenvalue weighted by molar-refractivity contribution is 5.69.